The molecule has 36 heavy (non-hydrogen) atoms. The van der Waals surface area contributed by atoms with E-state index in [0.717, 1.165) is 25.7 Å². The van der Waals surface area contributed by atoms with Gasteiger partial charge >= 0.3 is 0 Å². The minimum atomic E-state index is 0.00617. The quantitative estimate of drug-likeness (QED) is 0.410. The lowest BCUT2D eigenvalue weighted by Crippen LogP contribution is -2.34. The van der Waals surface area contributed by atoms with E-state index < -0.39 is 0 Å². The van der Waals surface area contributed by atoms with Crippen molar-refractivity contribution in [1.82, 2.24) is 0 Å². The van der Waals surface area contributed by atoms with E-state index in [1.807, 2.05) is 0 Å². The third kappa shape index (κ3) is 2.41. The van der Waals surface area contributed by atoms with E-state index in [1.54, 1.807) is 50.1 Å². The Bertz CT molecular complexity index is 1670. The molecule has 0 N–H and O–H groups in total. The first kappa shape index (κ1) is 21.0. The number of hydrogen-bond donors (Lipinski definition) is 0. The lowest BCUT2D eigenvalue weighted by molar-refractivity contribution is 0.323. The molecule has 0 nitrogen and oxygen atoms in total. The van der Waals surface area contributed by atoms with Crippen LogP contribution in [-0.2, 0) is 5.41 Å². The summed E-state index contributed by atoms with van der Waals surface area (Å²) in [6.45, 7) is 10.1. The average Bonchev–Trinajstić information content (AvgIpc) is 3.14. The molecule has 2 atom stereocenters. The Hall–Kier alpha value is -3.12. The summed E-state index contributed by atoms with van der Waals surface area (Å²) >= 11 is 0. The predicted octanol–water partition coefficient (Wildman–Crippen LogP) is 7.42. The molecule has 0 heteroatoms. The molecule has 2 unspecified atom stereocenters. The van der Waals surface area contributed by atoms with Gasteiger partial charge in [0, 0.05) is 11.3 Å². The van der Waals surface area contributed by atoms with Crippen LogP contribution in [-0.4, -0.2) is 0 Å². The number of hydrogen-bond acceptors (Lipinski definition) is 0. The van der Waals surface area contributed by atoms with Gasteiger partial charge in [-0.25, -0.2) is 0 Å². The van der Waals surface area contributed by atoms with Crippen LogP contribution in [0.2, 0.25) is 0 Å². The SMILES string of the molecule is CC1(C)C2=C3C4=C(C5=CC=CCC5c5cccc1c54)C(C)(C)C3CC(C1=c3ccccc3=CCC1)=C2. The number of rotatable bonds is 1. The van der Waals surface area contributed by atoms with Crippen molar-refractivity contribution < 1.29 is 0 Å². The van der Waals surface area contributed by atoms with E-state index in [1.165, 1.54) is 16.0 Å². The summed E-state index contributed by atoms with van der Waals surface area (Å²) in [6, 6.07) is 16.2. The van der Waals surface area contributed by atoms with Crippen LogP contribution in [0, 0.1) is 11.3 Å². The molecule has 0 aliphatic heterocycles. The molecule has 0 aromatic heterocycles. The van der Waals surface area contributed by atoms with Gasteiger partial charge in [0.05, 0.1) is 0 Å². The predicted molar refractivity (Wildman–Crippen MR) is 151 cm³/mol. The number of allylic oxidation sites excluding steroid dienone is 10. The molecule has 2 aromatic rings. The van der Waals surface area contributed by atoms with E-state index in [2.05, 4.69) is 101 Å². The van der Waals surface area contributed by atoms with E-state index >= 15 is 0 Å². The van der Waals surface area contributed by atoms with Gasteiger partial charge in [0.25, 0.3) is 0 Å². The molecule has 0 fully saturated rings. The third-order valence-electron chi connectivity index (χ3n) is 10.4. The summed E-state index contributed by atoms with van der Waals surface area (Å²) < 4.78 is 0. The van der Waals surface area contributed by atoms with Gasteiger partial charge in [-0.3, -0.25) is 0 Å². The highest BCUT2D eigenvalue weighted by atomic mass is 14.6. The van der Waals surface area contributed by atoms with Gasteiger partial charge in [0.15, 0.2) is 0 Å². The summed E-state index contributed by atoms with van der Waals surface area (Å²) in [5, 5.41) is 2.88. The van der Waals surface area contributed by atoms with E-state index in [-0.39, 0.29) is 10.8 Å². The molecule has 0 radical (unpaired) electrons. The fourth-order valence-electron chi connectivity index (χ4n) is 8.66. The van der Waals surface area contributed by atoms with Crippen molar-refractivity contribution in [1.29, 1.82) is 0 Å². The zero-order chi connectivity index (χ0) is 24.4. The topological polar surface area (TPSA) is 0 Å². The van der Waals surface area contributed by atoms with Gasteiger partial charge < -0.3 is 0 Å². The molecule has 8 rings (SSSR count). The molecule has 0 bridgehead atoms. The molecule has 2 aromatic carbocycles. The molecule has 0 saturated carbocycles. The Labute approximate surface area is 214 Å². The van der Waals surface area contributed by atoms with Crippen molar-refractivity contribution in [2.75, 3.05) is 0 Å². The van der Waals surface area contributed by atoms with Crippen molar-refractivity contribution in [3.05, 3.63) is 122 Å². The molecular weight excluding hydrogens is 432 g/mol. The number of fused-ring (bicyclic) bond motifs is 4. The molecule has 6 aliphatic carbocycles. The summed E-state index contributed by atoms with van der Waals surface area (Å²) in [4.78, 5) is 0. The molecule has 0 heterocycles. The summed E-state index contributed by atoms with van der Waals surface area (Å²) in [7, 11) is 0. The fraction of sp³-hybridized carbons (Fsp3) is 0.333. The van der Waals surface area contributed by atoms with Gasteiger partial charge in [-0.15, -0.1) is 0 Å². The maximum absolute atomic E-state index is 2.64. The van der Waals surface area contributed by atoms with Crippen LogP contribution in [0.15, 0.2) is 94.6 Å². The van der Waals surface area contributed by atoms with Crippen molar-refractivity contribution in [2.24, 2.45) is 11.3 Å². The Morgan fingerprint density at radius 2 is 1.81 bits per heavy atom. The standard InChI is InChI=1S/C36H34/c1-35(2)28-18-10-17-26-25-14-7-8-15-27(25)34-33(31(26)28)32-29(35)19-22(20-30(32)36(34,3)4)24-16-9-12-21-11-5-6-13-23(21)24/h5-8,10-13,15,17-19,25,30H,9,14,16,20H2,1-4H3. The molecule has 178 valence electrons. The van der Waals surface area contributed by atoms with Crippen LogP contribution in [0.3, 0.4) is 0 Å². The average molecular weight is 467 g/mol. The van der Waals surface area contributed by atoms with Crippen LogP contribution in [0.4, 0.5) is 0 Å². The van der Waals surface area contributed by atoms with Crippen LogP contribution in [0.25, 0.3) is 17.2 Å². The monoisotopic (exact) mass is 466 g/mol. The van der Waals surface area contributed by atoms with Crippen LogP contribution in [0.5, 0.6) is 0 Å². The van der Waals surface area contributed by atoms with Gasteiger partial charge in [-0.2, -0.15) is 0 Å². The zero-order valence-electron chi connectivity index (χ0n) is 21.9. The lowest BCUT2D eigenvalue weighted by atomic mass is 9.60. The Morgan fingerprint density at radius 1 is 0.944 bits per heavy atom. The van der Waals surface area contributed by atoms with Crippen LogP contribution < -0.4 is 10.4 Å². The Morgan fingerprint density at radius 3 is 2.69 bits per heavy atom. The molecule has 0 amide bonds. The van der Waals surface area contributed by atoms with Gasteiger partial charge in [-0.1, -0.05) is 101 Å². The first-order chi connectivity index (χ1) is 17.4. The Balaban J connectivity index is 1.47. The highest BCUT2D eigenvalue weighted by molar-refractivity contribution is 5.99. The maximum Gasteiger partial charge on any atom is 0.0155 e. The molecule has 6 aliphatic rings. The maximum atomic E-state index is 2.64. The fourth-order valence-corrected chi connectivity index (χ4v) is 8.66. The van der Waals surface area contributed by atoms with Crippen molar-refractivity contribution in [2.45, 2.75) is 64.7 Å². The summed E-state index contributed by atoms with van der Waals surface area (Å²) in [5.74, 6) is 1.04. The summed E-state index contributed by atoms with van der Waals surface area (Å²) in [6.07, 6.45) is 16.8. The van der Waals surface area contributed by atoms with Gasteiger partial charge in [0.1, 0.15) is 0 Å². The highest BCUT2D eigenvalue weighted by Gasteiger charge is 2.55. The van der Waals surface area contributed by atoms with Crippen molar-refractivity contribution in [3.8, 4) is 0 Å². The van der Waals surface area contributed by atoms with E-state index in [9.17, 15) is 0 Å². The van der Waals surface area contributed by atoms with Crippen molar-refractivity contribution >= 4 is 17.2 Å². The zero-order valence-corrected chi connectivity index (χ0v) is 21.9. The molecular formula is C36H34. The molecule has 0 saturated heterocycles. The minimum Gasteiger partial charge on any atom is -0.0836 e. The first-order valence-electron chi connectivity index (χ1n) is 13.9. The summed E-state index contributed by atoms with van der Waals surface area (Å²) in [5.41, 5.74) is 16.1. The Kier molecular flexibility index (Phi) is 3.97. The lowest BCUT2D eigenvalue weighted by Gasteiger charge is -2.43. The first-order valence-corrected chi connectivity index (χ1v) is 13.9. The smallest absolute Gasteiger partial charge is 0.0155 e. The van der Waals surface area contributed by atoms with E-state index in [4.69, 9.17) is 0 Å². The second-order valence-corrected chi connectivity index (χ2v) is 12.8. The van der Waals surface area contributed by atoms with Crippen LogP contribution >= 0.6 is 0 Å². The van der Waals surface area contributed by atoms with Crippen molar-refractivity contribution in [3.63, 3.8) is 0 Å². The minimum absolute atomic E-state index is 0.00617. The van der Waals surface area contributed by atoms with Gasteiger partial charge in [-0.05, 0) is 103 Å². The second kappa shape index (κ2) is 6.80. The van der Waals surface area contributed by atoms with Gasteiger partial charge in [0.2, 0.25) is 0 Å². The highest BCUT2D eigenvalue weighted by Crippen LogP contribution is 2.69. The van der Waals surface area contributed by atoms with Crippen LogP contribution in [0.1, 0.15) is 76.0 Å². The normalized spacial score (nSPS) is 27.6. The van der Waals surface area contributed by atoms with E-state index in [0.29, 0.717) is 11.8 Å². The second-order valence-electron chi connectivity index (χ2n) is 12.8. The largest absolute Gasteiger partial charge is 0.0836 e. The molecule has 0 spiro atoms. The number of benzene rings is 2. The third-order valence-corrected chi connectivity index (χ3v) is 10.4.